The molecule has 2 aliphatic rings. The van der Waals surface area contributed by atoms with Crippen LogP contribution in [0.15, 0.2) is 0 Å². The zero-order valence-corrected chi connectivity index (χ0v) is 9.10. The highest BCUT2D eigenvalue weighted by atomic mass is 79.9. The number of rotatable bonds is 3. The maximum absolute atomic E-state index is 11.5. The van der Waals surface area contributed by atoms with Gasteiger partial charge in [-0.15, -0.1) is 0 Å². The van der Waals surface area contributed by atoms with Gasteiger partial charge < -0.3 is 0 Å². The number of alkyl halides is 1. The lowest BCUT2D eigenvalue weighted by atomic mass is 9.84. The van der Waals surface area contributed by atoms with E-state index in [2.05, 4.69) is 21.4 Å². The summed E-state index contributed by atoms with van der Waals surface area (Å²) in [7, 11) is 0. The van der Waals surface area contributed by atoms with E-state index in [9.17, 15) is 4.79 Å². The monoisotopic (exact) mass is 247 g/mol. The smallest absolute Gasteiger partial charge is 0.260 e. The van der Waals surface area contributed by atoms with Gasteiger partial charge in [-0.25, -0.2) is 5.48 Å². The Bertz CT molecular complexity index is 212. The zero-order valence-electron chi connectivity index (χ0n) is 7.51. The minimum Gasteiger partial charge on any atom is -0.271 e. The van der Waals surface area contributed by atoms with Crippen molar-refractivity contribution in [2.45, 2.75) is 49.0 Å². The molecule has 4 heteroatoms. The summed E-state index contributed by atoms with van der Waals surface area (Å²) in [5.41, 5.74) is 2.54. The standard InChI is InChI=1S/C9H14BrNO2/c10-9(5-2-6-9)8(12)11-13-7-3-1-4-7/h7H,1-6H2,(H,11,12). The molecule has 0 aromatic heterocycles. The lowest BCUT2D eigenvalue weighted by molar-refractivity contribution is -0.147. The van der Waals surface area contributed by atoms with Crippen molar-refractivity contribution >= 4 is 21.8 Å². The van der Waals surface area contributed by atoms with E-state index < -0.39 is 0 Å². The third-order valence-corrected chi connectivity index (χ3v) is 4.08. The van der Waals surface area contributed by atoms with E-state index in [0.717, 1.165) is 32.1 Å². The Morgan fingerprint density at radius 1 is 1.38 bits per heavy atom. The van der Waals surface area contributed by atoms with Gasteiger partial charge >= 0.3 is 0 Å². The van der Waals surface area contributed by atoms with Crippen molar-refractivity contribution in [3.63, 3.8) is 0 Å². The molecule has 1 amide bonds. The van der Waals surface area contributed by atoms with E-state index in [1.54, 1.807) is 0 Å². The first-order valence-electron chi connectivity index (χ1n) is 4.86. The van der Waals surface area contributed by atoms with Crippen molar-refractivity contribution in [1.82, 2.24) is 5.48 Å². The van der Waals surface area contributed by atoms with Crippen molar-refractivity contribution in [1.29, 1.82) is 0 Å². The Morgan fingerprint density at radius 3 is 2.46 bits per heavy atom. The Balaban J connectivity index is 1.71. The molecule has 0 bridgehead atoms. The SMILES string of the molecule is O=C(NOC1CCC1)C1(Br)CCC1. The van der Waals surface area contributed by atoms with Crippen LogP contribution in [0.3, 0.4) is 0 Å². The summed E-state index contributed by atoms with van der Waals surface area (Å²) < 4.78 is -0.323. The fraction of sp³-hybridized carbons (Fsp3) is 0.889. The van der Waals surface area contributed by atoms with Crippen LogP contribution in [0.2, 0.25) is 0 Å². The van der Waals surface area contributed by atoms with Crippen LogP contribution >= 0.6 is 15.9 Å². The van der Waals surface area contributed by atoms with Crippen molar-refractivity contribution in [2.24, 2.45) is 0 Å². The highest BCUT2D eigenvalue weighted by molar-refractivity contribution is 9.10. The van der Waals surface area contributed by atoms with Crippen LogP contribution in [-0.4, -0.2) is 16.3 Å². The summed E-state index contributed by atoms with van der Waals surface area (Å²) in [6.45, 7) is 0. The van der Waals surface area contributed by atoms with Gasteiger partial charge in [0, 0.05) is 0 Å². The predicted octanol–water partition coefficient (Wildman–Crippen LogP) is 1.90. The van der Waals surface area contributed by atoms with E-state index in [0.29, 0.717) is 0 Å². The summed E-state index contributed by atoms with van der Waals surface area (Å²) in [5, 5.41) is 0. The summed E-state index contributed by atoms with van der Waals surface area (Å²) in [6, 6.07) is 0. The van der Waals surface area contributed by atoms with Gasteiger partial charge in [0.15, 0.2) is 0 Å². The lowest BCUT2D eigenvalue weighted by Gasteiger charge is -2.35. The molecule has 0 radical (unpaired) electrons. The molecule has 13 heavy (non-hydrogen) atoms. The van der Waals surface area contributed by atoms with Gasteiger partial charge in [-0.2, -0.15) is 0 Å². The molecule has 0 unspecified atom stereocenters. The fourth-order valence-electron chi connectivity index (χ4n) is 1.43. The molecule has 0 aromatic rings. The molecule has 0 aromatic carbocycles. The molecule has 0 atom stereocenters. The van der Waals surface area contributed by atoms with Crippen molar-refractivity contribution in [2.75, 3.05) is 0 Å². The highest BCUT2D eigenvalue weighted by Gasteiger charge is 2.42. The third kappa shape index (κ3) is 1.89. The van der Waals surface area contributed by atoms with Gasteiger partial charge in [0.25, 0.3) is 5.91 Å². The number of hydrogen-bond acceptors (Lipinski definition) is 2. The summed E-state index contributed by atoms with van der Waals surface area (Å²) in [4.78, 5) is 16.7. The van der Waals surface area contributed by atoms with Gasteiger partial charge in [0.05, 0.1) is 6.10 Å². The molecule has 0 heterocycles. The van der Waals surface area contributed by atoms with Crippen LogP contribution in [0.4, 0.5) is 0 Å². The molecular weight excluding hydrogens is 234 g/mol. The normalized spacial score (nSPS) is 25.9. The molecule has 2 saturated carbocycles. The molecule has 0 saturated heterocycles. The van der Waals surface area contributed by atoms with Gasteiger partial charge in [0.1, 0.15) is 4.32 Å². The second-order valence-corrected chi connectivity index (χ2v) is 5.44. The number of amides is 1. The Morgan fingerprint density at radius 2 is 2.08 bits per heavy atom. The second kappa shape index (κ2) is 3.58. The predicted molar refractivity (Wildman–Crippen MR) is 52.4 cm³/mol. The van der Waals surface area contributed by atoms with E-state index >= 15 is 0 Å². The quantitative estimate of drug-likeness (QED) is 0.612. The first-order valence-corrected chi connectivity index (χ1v) is 5.65. The summed E-state index contributed by atoms with van der Waals surface area (Å²) >= 11 is 3.43. The largest absolute Gasteiger partial charge is 0.271 e. The molecule has 1 N–H and O–H groups in total. The molecule has 0 aliphatic heterocycles. The third-order valence-electron chi connectivity index (χ3n) is 2.92. The van der Waals surface area contributed by atoms with Gasteiger partial charge in [-0.05, 0) is 38.5 Å². The number of hydroxylamine groups is 1. The Kier molecular flexibility index (Phi) is 2.60. The molecule has 2 fully saturated rings. The Hall–Kier alpha value is -0.0900. The van der Waals surface area contributed by atoms with Gasteiger partial charge in [-0.3, -0.25) is 9.63 Å². The summed E-state index contributed by atoms with van der Waals surface area (Å²) in [6.07, 6.45) is 6.62. The van der Waals surface area contributed by atoms with E-state index in [4.69, 9.17) is 4.84 Å². The minimum absolute atomic E-state index is 0.00866. The first kappa shape index (κ1) is 9.46. The second-order valence-electron chi connectivity index (χ2n) is 3.92. The molecule has 0 spiro atoms. The van der Waals surface area contributed by atoms with Crippen LogP contribution in [-0.2, 0) is 9.63 Å². The average molecular weight is 248 g/mol. The molecular formula is C9H14BrNO2. The highest BCUT2D eigenvalue weighted by Crippen LogP contribution is 2.40. The van der Waals surface area contributed by atoms with Crippen LogP contribution < -0.4 is 5.48 Å². The molecule has 74 valence electrons. The number of halogens is 1. The number of carbonyl (C=O) groups excluding carboxylic acids is 1. The van der Waals surface area contributed by atoms with Crippen molar-refractivity contribution in [3.8, 4) is 0 Å². The lowest BCUT2D eigenvalue weighted by Crippen LogP contribution is -2.48. The zero-order chi connectivity index (χ0) is 9.31. The van der Waals surface area contributed by atoms with Crippen molar-refractivity contribution < 1.29 is 9.63 Å². The first-order chi connectivity index (χ1) is 6.21. The van der Waals surface area contributed by atoms with Gasteiger partial charge in [-0.1, -0.05) is 15.9 Å². The van der Waals surface area contributed by atoms with E-state index in [1.165, 1.54) is 6.42 Å². The van der Waals surface area contributed by atoms with E-state index in [-0.39, 0.29) is 16.3 Å². The maximum Gasteiger partial charge on any atom is 0.260 e. The molecule has 3 nitrogen and oxygen atoms in total. The number of carbonyl (C=O) groups is 1. The molecule has 2 rings (SSSR count). The van der Waals surface area contributed by atoms with E-state index in [1.807, 2.05) is 0 Å². The van der Waals surface area contributed by atoms with Crippen molar-refractivity contribution in [3.05, 3.63) is 0 Å². The molecule has 2 aliphatic carbocycles. The van der Waals surface area contributed by atoms with Gasteiger partial charge in [0.2, 0.25) is 0 Å². The maximum atomic E-state index is 11.5. The topological polar surface area (TPSA) is 38.3 Å². The summed E-state index contributed by atoms with van der Waals surface area (Å²) in [5.74, 6) is -0.00866. The number of hydrogen-bond donors (Lipinski definition) is 1. The van der Waals surface area contributed by atoms with Crippen LogP contribution in [0.25, 0.3) is 0 Å². The Labute approximate surface area is 86.3 Å². The fourth-order valence-corrected chi connectivity index (χ4v) is 2.07. The average Bonchev–Trinajstić information content (AvgIpc) is 1.97. The minimum atomic E-state index is -0.323. The van der Waals surface area contributed by atoms with Crippen LogP contribution in [0.1, 0.15) is 38.5 Å². The van der Waals surface area contributed by atoms with Crippen LogP contribution in [0, 0.1) is 0 Å². The van der Waals surface area contributed by atoms with Crippen LogP contribution in [0.5, 0.6) is 0 Å². The number of nitrogens with one attached hydrogen (secondary N) is 1.